The summed E-state index contributed by atoms with van der Waals surface area (Å²) in [6.45, 7) is 8.30. The maximum Gasteiger partial charge on any atom is 0.236 e. The molecule has 1 fully saturated rings. The molecule has 0 radical (unpaired) electrons. The van der Waals surface area contributed by atoms with Crippen molar-refractivity contribution < 1.29 is 9.59 Å². The van der Waals surface area contributed by atoms with Crippen molar-refractivity contribution in [3.8, 4) is 0 Å². The largest absolute Gasteiger partial charge is 0.368 e. The average Bonchev–Trinajstić information content (AvgIpc) is 2.89. The number of carbonyl (C=O) groups excluding carboxylic acids is 2. The molecule has 122 valence electrons. The standard InChI is InChI=1S/C15H25N5O2/c1-11(2)20-9-8-19(10-13(20)15(16)22)14(21)4-6-18-7-5-17-12(18)3/h5,7,11,13H,4,6,8-10H2,1-3H3,(H2,16,22)/t13-/m0/s1. The van der Waals surface area contributed by atoms with Gasteiger partial charge in [0, 0.05) is 51.0 Å². The van der Waals surface area contributed by atoms with E-state index in [4.69, 9.17) is 5.73 Å². The van der Waals surface area contributed by atoms with Gasteiger partial charge in [-0.3, -0.25) is 14.5 Å². The van der Waals surface area contributed by atoms with E-state index in [9.17, 15) is 9.59 Å². The zero-order chi connectivity index (χ0) is 16.3. The lowest BCUT2D eigenvalue weighted by molar-refractivity contribution is -0.138. The lowest BCUT2D eigenvalue weighted by Gasteiger charge is -2.42. The fourth-order valence-corrected chi connectivity index (χ4v) is 2.91. The number of amides is 2. The zero-order valence-corrected chi connectivity index (χ0v) is 13.5. The number of nitrogens with zero attached hydrogens (tertiary/aromatic N) is 4. The Balaban J connectivity index is 1.93. The topological polar surface area (TPSA) is 84.5 Å². The van der Waals surface area contributed by atoms with Gasteiger partial charge in [0.1, 0.15) is 11.9 Å². The summed E-state index contributed by atoms with van der Waals surface area (Å²) in [5.74, 6) is 0.590. The highest BCUT2D eigenvalue weighted by Crippen LogP contribution is 2.14. The Morgan fingerprint density at radius 3 is 2.68 bits per heavy atom. The normalized spacial score (nSPS) is 19.6. The first kappa shape index (κ1) is 16.5. The van der Waals surface area contributed by atoms with E-state index >= 15 is 0 Å². The molecule has 2 N–H and O–H groups in total. The third-order valence-electron chi connectivity index (χ3n) is 4.26. The smallest absolute Gasteiger partial charge is 0.236 e. The molecule has 1 aromatic heterocycles. The van der Waals surface area contributed by atoms with Gasteiger partial charge in [-0.15, -0.1) is 0 Å². The van der Waals surface area contributed by atoms with Crippen LogP contribution in [0.25, 0.3) is 0 Å². The fourth-order valence-electron chi connectivity index (χ4n) is 2.91. The van der Waals surface area contributed by atoms with E-state index < -0.39 is 6.04 Å². The number of piperazine rings is 1. The van der Waals surface area contributed by atoms with Crippen LogP contribution in [0.1, 0.15) is 26.1 Å². The van der Waals surface area contributed by atoms with Crippen LogP contribution < -0.4 is 5.73 Å². The fraction of sp³-hybridized carbons (Fsp3) is 0.667. The van der Waals surface area contributed by atoms with Crippen molar-refractivity contribution >= 4 is 11.8 Å². The van der Waals surface area contributed by atoms with E-state index in [0.29, 0.717) is 32.6 Å². The van der Waals surface area contributed by atoms with Crippen LogP contribution in [0.5, 0.6) is 0 Å². The van der Waals surface area contributed by atoms with E-state index in [2.05, 4.69) is 9.88 Å². The van der Waals surface area contributed by atoms with Crippen LogP contribution in [0.2, 0.25) is 0 Å². The van der Waals surface area contributed by atoms with Crippen LogP contribution in [0.15, 0.2) is 12.4 Å². The quantitative estimate of drug-likeness (QED) is 0.829. The number of hydrogen-bond donors (Lipinski definition) is 1. The highest BCUT2D eigenvalue weighted by molar-refractivity contribution is 5.82. The van der Waals surface area contributed by atoms with Crippen molar-refractivity contribution in [2.24, 2.45) is 5.73 Å². The van der Waals surface area contributed by atoms with Gasteiger partial charge < -0.3 is 15.2 Å². The molecule has 1 atom stereocenters. The van der Waals surface area contributed by atoms with Crippen molar-refractivity contribution in [3.63, 3.8) is 0 Å². The Labute approximate surface area is 131 Å². The Morgan fingerprint density at radius 2 is 2.14 bits per heavy atom. The number of primary amides is 1. The molecule has 2 amide bonds. The third kappa shape index (κ3) is 3.65. The highest BCUT2D eigenvalue weighted by Gasteiger charge is 2.34. The Bertz CT molecular complexity index is 540. The van der Waals surface area contributed by atoms with Gasteiger partial charge >= 0.3 is 0 Å². The second-order valence-corrected chi connectivity index (χ2v) is 6.01. The number of rotatable bonds is 5. The number of nitrogens with two attached hydrogens (primary N) is 1. The van der Waals surface area contributed by atoms with E-state index in [-0.39, 0.29) is 17.9 Å². The number of hydrogen-bond acceptors (Lipinski definition) is 4. The van der Waals surface area contributed by atoms with E-state index in [1.165, 1.54) is 0 Å². The van der Waals surface area contributed by atoms with Crippen LogP contribution in [0.3, 0.4) is 0 Å². The Hall–Kier alpha value is -1.89. The molecule has 0 bridgehead atoms. The van der Waals surface area contributed by atoms with Crippen molar-refractivity contribution in [3.05, 3.63) is 18.2 Å². The molecule has 1 aromatic rings. The SMILES string of the molecule is Cc1nccn1CCC(=O)N1CCN(C(C)C)[C@H](C(N)=O)C1. The second-order valence-electron chi connectivity index (χ2n) is 6.01. The maximum atomic E-state index is 12.4. The van der Waals surface area contributed by atoms with E-state index in [0.717, 1.165) is 5.82 Å². The Morgan fingerprint density at radius 1 is 1.41 bits per heavy atom. The monoisotopic (exact) mass is 307 g/mol. The summed E-state index contributed by atoms with van der Waals surface area (Å²) in [6.07, 6.45) is 4.00. The van der Waals surface area contributed by atoms with Crippen molar-refractivity contribution in [2.45, 2.75) is 45.8 Å². The predicted octanol–water partition coefficient (Wildman–Crippen LogP) is -0.0119. The van der Waals surface area contributed by atoms with Gasteiger partial charge in [-0.1, -0.05) is 0 Å². The highest BCUT2D eigenvalue weighted by atomic mass is 16.2. The molecule has 0 saturated carbocycles. The van der Waals surface area contributed by atoms with Crippen LogP contribution >= 0.6 is 0 Å². The summed E-state index contributed by atoms with van der Waals surface area (Å²) in [5, 5.41) is 0. The Kier molecular flexibility index (Phi) is 5.18. The van der Waals surface area contributed by atoms with Gasteiger partial charge in [0.05, 0.1) is 0 Å². The van der Waals surface area contributed by atoms with Gasteiger partial charge in [0.25, 0.3) is 0 Å². The minimum absolute atomic E-state index is 0.0581. The van der Waals surface area contributed by atoms with Crippen LogP contribution in [-0.2, 0) is 16.1 Å². The van der Waals surface area contributed by atoms with Crippen molar-refractivity contribution in [1.29, 1.82) is 0 Å². The molecule has 0 spiro atoms. The van der Waals surface area contributed by atoms with Crippen molar-refractivity contribution in [2.75, 3.05) is 19.6 Å². The van der Waals surface area contributed by atoms with Gasteiger partial charge in [-0.25, -0.2) is 4.98 Å². The van der Waals surface area contributed by atoms with Crippen LogP contribution in [0, 0.1) is 6.92 Å². The summed E-state index contributed by atoms with van der Waals surface area (Å²) in [5.41, 5.74) is 5.50. The maximum absolute atomic E-state index is 12.4. The molecule has 7 nitrogen and oxygen atoms in total. The summed E-state index contributed by atoms with van der Waals surface area (Å²) in [4.78, 5) is 32.0. The average molecular weight is 307 g/mol. The molecule has 1 aliphatic rings. The molecular formula is C15H25N5O2. The van der Waals surface area contributed by atoms with Gasteiger partial charge in [0.2, 0.25) is 11.8 Å². The van der Waals surface area contributed by atoms with Crippen LogP contribution in [0.4, 0.5) is 0 Å². The van der Waals surface area contributed by atoms with E-state index in [1.54, 1.807) is 11.1 Å². The second kappa shape index (κ2) is 6.91. The summed E-state index contributed by atoms with van der Waals surface area (Å²) in [6, 6.07) is -0.156. The van der Waals surface area contributed by atoms with Gasteiger partial charge in [0.15, 0.2) is 0 Å². The molecule has 0 aliphatic carbocycles. The summed E-state index contributed by atoms with van der Waals surface area (Å²) in [7, 11) is 0. The molecule has 1 saturated heterocycles. The first-order valence-corrected chi connectivity index (χ1v) is 7.70. The molecule has 7 heteroatoms. The molecule has 0 unspecified atom stereocenters. The number of carbonyl (C=O) groups is 2. The first-order valence-electron chi connectivity index (χ1n) is 7.70. The number of aromatic nitrogens is 2. The lowest BCUT2D eigenvalue weighted by Crippen LogP contribution is -2.61. The lowest BCUT2D eigenvalue weighted by atomic mass is 10.1. The molecule has 2 rings (SSSR count). The molecule has 0 aromatic carbocycles. The minimum Gasteiger partial charge on any atom is -0.368 e. The predicted molar refractivity (Wildman–Crippen MR) is 83.0 cm³/mol. The molecule has 2 heterocycles. The van der Waals surface area contributed by atoms with Gasteiger partial charge in [-0.2, -0.15) is 0 Å². The van der Waals surface area contributed by atoms with Gasteiger partial charge in [-0.05, 0) is 20.8 Å². The van der Waals surface area contributed by atoms with E-state index in [1.807, 2.05) is 31.5 Å². The molecule has 22 heavy (non-hydrogen) atoms. The number of aryl methyl sites for hydroxylation is 2. The molecular weight excluding hydrogens is 282 g/mol. The molecule has 1 aliphatic heterocycles. The van der Waals surface area contributed by atoms with Crippen LogP contribution in [-0.4, -0.2) is 62.9 Å². The minimum atomic E-state index is -0.396. The number of imidazole rings is 1. The first-order chi connectivity index (χ1) is 10.4. The van der Waals surface area contributed by atoms with Crippen molar-refractivity contribution in [1.82, 2.24) is 19.4 Å². The third-order valence-corrected chi connectivity index (χ3v) is 4.26. The summed E-state index contributed by atoms with van der Waals surface area (Å²) < 4.78 is 1.95. The zero-order valence-electron chi connectivity index (χ0n) is 13.5. The summed E-state index contributed by atoms with van der Waals surface area (Å²) >= 11 is 0.